The Morgan fingerprint density at radius 2 is 2.22 bits per heavy atom. The van der Waals surface area contributed by atoms with Crippen molar-refractivity contribution in [2.24, 2.45) is 5.41 Å². The number of hydrogen-bond donors (Lipinski definition) is 1. The number of hydrogen-bond acceptors (Lipinski definition) is 4. The van der Waals surface area contributed by atoms with Crippen LogP contribution in [-0.4, -0.2) is 16.7 Å². The highest BCUT2D eigenvalue weighted by Gasteiger charge is 2.37. The van der Waals surface area contributed by atoms with E-state index in [1.807, 2.05) is 0 Å². The average Bonchev–Trinajstić information content (AvgIpc) is 2.91. The molecule has 0 radical (unpaired) electrons. The standard InChI is InChI=1S/C14H25N3S/c1-5-9-15-10(2)12-16-17-13(18-12)11-7-6-8-14(11,3)4/h10-11,15H,5-9H2,1-4H3. The second-order valence-electron chi connectivity index (χ2n) is 6.09. The predicted octanol–water partition coefficient (Wildman–Crippen LogP) is 3.89. The van der Waals surface area contributed by atoms with Crippen LogP contribution in [-0.2, 0) is 0 Å². The molecule has 2 unspecified atom stereocenters. The first-order valence-corrected chi connectivity index (χ1v) is 7.93. The zero-order valence-electron chi connectivity index (χ0n) is 12.0. The maximum absolute atomic E-state index is 4.45. The highest BCUT2D eigenvalue weighted by molar-refractivity contribution is 7.11. The van der Waals surface area contributed by atoms with Crippen molar-refractivity contribution in [3.05, 3.63) is 10.0 Å². The molecule has 1 aromatic heterocycles. The van der Waals surface area contributed by atoms with Crippen molar-refractivity contribution in [1.82, 2.24) is 15.5 Å². The molecule has 0 bridgehead atoms. The summed E-state index contributed by atoms with van der Waals surface area (Å²) in [5, 5.41) is 14.7. The highest BCUT2D eigenvalue weighted by Crippen LogP contribution is 2.49. The molecular weight excluding hydrogens is 242 g/mol. The Morgan fingerprint density at radius 3 is 2.83 bits per heavy atom. The Morgan fingerprint density at radius 1 is 1.44 bits per heavy atom. The van der Waals surface area contributed by atoms with Gasteiger partial charge in [0.1, 0.15) is 10.0 Å². The molecular formula is C14H25N3S. The molecule has 1 aliphatic rings. The summed E-state index contributed by atoms with van der Waals surface area (Å²) in [6, 6.07) is 0.334. The minimum absolute atomic E-state index is 0.334. The van der Waals surface area contributed by atoms with E-state index in [4.69, 9.17) is 0 Å². The molecule has 18 heavy (non-hydrogen) atoms. The molecule has 1 aromatic rings. The Kier molecular flexibility index (Phi) is 4.38. The lowest BCUT2D eigenvalue weighted by atomic mass is 9.82. The summed E-state index contributed by atoms with van der Waals surface area (Å²) < 4.78 is 0. The van der Waals surface area contributed by atoms with Gasteiger partial charge in [0, 0.05) is 5.92 Å². The SMILES string of the molecule is CCCNC(C)c1nnc(C2CCCC2(C)C)s1. The molecule has 0 amide bonds. The molecule has 2 rings (SSSR count). The second-order valence-corrected chi connectivity index (χ2v) is 7.13. The molecule has 1 fully saturated rings. The van der Waals surface area contributed by atoms with Gasteiger partial charge in [-0.3, -0.25) is 0 Å². The maximum Gasteiger partial charge on any atom is 0.134 e. The van der Waals surface area contributed by atoms with E-state index in [0.29, 0.717) is 17.4 Å². The second kappa shape index (κ2) is 5.66. The van der Waals surface area contributed by atoms with Crippen LogP contribution in [0.4, 0.5) is 0 Å². The van der Waals surface area contributed by atoms with Crippen molar-refractivity contribution in [1.29, 1.82) is 0 Å². The van der Waals surface area contributed by atoms with Crippen LogP contribution in [0.3, 0.4) is 0 Å². The monoisotopic (exact) mass is 267 g/mol. The first kappa shape index (κ1) is 13.9. The van der Waals surface area contributed by atoms with Gasteiger partial charge in [0.05, 0.1) is 6.04 Å². The molecule has 0 aliphatic heterocycles. The quantitative estimate of drug-likeness (QED) is 0.879. The Hall–Kier alpha value is -0.480. The van der Waals surface area contributed by atoms with Gasteiger partial charge in [-0.2, -0.15) is 0 Å². The first-order valence-electron chi connectivity index (χ1n) is 7.11. The third-order valence-corrected chi connectivity index (χ3v) is 5.30. The first-order chi connectivity index (χ1) is 8.54. The summed E-state index contributed by atoms with van der Waals surface area (Å²) in [4.78, 5) is 0. The molecule has 3 nitrogen and oxygen atoms in total. The number of aromatic nitrogens is 2. The van der Waals surface area contributed by atoms with Crippen LogP contribution in [0.15, 0.2) is 0 Å². The summed E-state index contributed by atoms with van der Waals surface area (Å²) in [5.74, 6) is 0.613. The molecule has 1 saturated carbocycles. The number of rotatable bonds is 5. The lowest BCUT2D eigenvalue weighted by Crippen LogP contribution is -2.19. The van der Waals surface area contributed by atoms with Crippen LogP contribution in [0.25, 0.3) is 0 Å². The lowest BCUT2D eigenvalue weighted by Gasteiger charge is -2.24. The topological polar surface area (TPSA) is 37.8 Å². The minimum Gasteiger partial charge on any atom is -0.308 e. The average molecular weight is 267 g/mol. The lowest BCUT2D eigenvalue weighted by molar-refractivity contribution is 0.330. The van der Waals surface area contributed by atoms with E-state index in [1.54, 1.807) is 11.3 Å². The predicted molar refractivity (Wildman–Crippen MR) is 77.0 cm³/mol. The normalized spacial score (nSPS) is 24.3. The summed E-state index contributed by atoms with van der Waals surface area (Å²) in [7, 11) is 0. The van der Waals surface area contributed by atoms with Crippen molar-refractivity contribution >= 4 is 11.3 Å². The molecule has 4 heteroatoms. The summed E-state index contributed by atoms with van der Waals surface area (Å²) >= 11 is 1.81. The van der Waals surface area contributed by atoms with E-state index in [9.17, 15) is 0 Å². The van der Waals surface area contributed by atoms with Gasteiger partial charge in [0.2, 0.25) is 0 Å². The Balaban J connectivity index is 2.06. The van der Waals surface area contributed by atoms with E-state index >= 15 is 0 Å². The van der Waals surface area contributed by atoms with E-state index in [0.717, 1.165) is 18.0 Å². The highest BCUT2D eigenvalue weighted by atomic mass is 32.1. The maximum atomic E-state index is 4.45. The fraction of sp³-hybridized carbons (Fsp3) is 0.857. The van der Waals surface area contributed by atoms with Gasteiger partial charge < -0.3 is 5.32 Å². The van der Waals surface area contributed by atoms with Crippen LogP contribution in [0.2, 0.25) is 0 Å². The van der Waals surface area contributed by atoms with Crippen molar-refractivity contribution in [3.63, 3.8) is 0 Å². The fourth-order valence-corrected chi connectivity index (χ4v) is 4.01. The van der Waals surface area contributed by atoms with Gasteiger partial charge in [0.15, 0.2) is 0 Å². The van der Waals surface area contributed by atoms with Gasteiger partial charge in [-0.05, 0) is 38.1 Å². The molecule has 2 atom stereocenters. The summed E-state index contributed by atoms with van der Waals surface area (Å²) in [5.41, 5.74) is 0.400. The van der Waals surface area contributed by atoms with E-state index in [2.05, 4.69) is 43.2 Å². The van der Waals surface area contributed by atoms with Crippen LogP contribution in [0.5, 0.6) is 0 Å². The van der Waals surface area contributed by atoms with Crippen LogP contribution >= 0.6 is 11.3 Å². The Labute approximate surface area is 114 Å². The molecule has 0 saturated heterocycles. The van der Waals surface area contributed by atoms with Gasteiger partial charge >= 0.3 is 0 Å². The van der Waals surface area contributed by atoms with Crippen molar-refractivity contribution in [2.75, 3.05) is 6.54 Å². The Bertz CT molecular complexity index is 386. The van der Waals surface area contributed by atoms with Crippen LogP contribution in [0, 0.1) is 5.41 Å². The van der Waals surface area contributed by atoms with Gasteiger partial charge in [-0.1, -0.05) is 38.5 Å². The third kappa shape index (κ3) is 2.91. The van der Waals surface area contributed by atoms with Gasteiger partial charge in [-0.25, -0.2) is 0 Å². The largest absolute Gasteiger partial charge is 0.308 e. The van der Waals surface area contributed by atoms with E-state index in [-0.39, 0.29) is 0 Å². The summed E-state index contributed by atoms with van der Waals surface area (Å²) in [6.07, 6.45) is 5.08. The van der Waals surface area contributed by atoms with E-state index in [1.165, 1.54) is 24.3 Å². The molecule has 1 heterocycles. The smallest absolute Gasteiger partial charge is 0.134 e. The molecule has 0 aromatic carbocycles. The fourth-order valence-electron chi connectivity index (χ4n) is 2.79. The molecule has 1 aliphatic carbocycles. The van der Waals surface area contributed by atoms with E-state index < -0.39 is 0 Å². The van der Waals surface area contributed by atoms with Crippen molar-refractivity contribution in [2.45, 2.75) is 65.3 Å². The zero-order chi connectivity index (χ0) is 13.2. The third-order valence-electron chi connectivity index (χ3n) is 4.08. The molecule has 0 spiro atoms. The van der Waals surface area contributed by atoms with Gasteiger partial charge in [0.25, 0.3) is 0 Å². The molecule has 102 valence electrons. The van der Waals surface area contributed by atoms with Crippen molar-refractivity contribution in [3.8, 4) is 0 Å². The number of nitrogens with one attached hydrogen (secondary N) is 1. The number of nitrogens with zero attached hydrogens (tertiary/aromatic N) is 2. The minimum atomic E-state index is 0.334. The molecule has 1 N–H and O–H groups in total. The van der Waals surface area contributed by atoms with Crippen LogP contribution in [0.1, 0.15) is 75.4 Å². The summed E-state index contributed by atoms with van der Waals surface area (Å²) in [6.45, 7) is 10.1. The van der Waals surface area contributed by atoms with Crippen LogP contribution < -0.4 is 5.32 Å². The van der Waals surface area contributed by atoms with Crippen molar-refractivity contribution < 1.29 is 0 Å². The van der Waals surface area contributed by atoms with Gasteiger partial charge in [-0.15, -0.1) is 10.2 Å². The zero-order valence-corrected chi connectivity index (χ0v) is 12.8.